The van der Waals surface area contributed by atoms with E-state index in [0.717, 1.165) is 40.8 Å². The van der Waals surface area contributed by atoms with Crippen molar-refractivity contribution in [3.8, 4) is 22.4 Å². The minimum atomic E-state index is -0.603. The number of fused-ring (bicyclic) bond motifs is 1. The molecule has 1 fully saturated rings. The number of nitrogens with zero attached hydrogens (tertiary/aromatic N) is 4. The van der Waals surface area contributed by atoms with E-state index in [9.17, 15) is 4.79 Å². The van der Waals surface area contributed by atoms with Crippen LogP contribution in [0.1, 0.15) is 31.7 Å². The topological polar surface area (TPSA) is 107 Å². The summed E-state index contributed by atoms with van der Waals surface area (Å²) in [7, 11) is 0. The third kappa shape index (κ3) is 3.69. The van der Waals surface area contributed by atoms with E-state index in [1.165, 1.54) is 6.42 Å². The van der Waals surface area contributed by atoms with Crippen LogP contribution in [-0.4, -0.2) is 32.3 Å². The molecular formula is C24H24N6O2. The van der Waals surface area contributed by atoms with Crippen LogP contribution in [0.2, 0.25) is 0 Å². The van der Waals surface area contributed by atoms with Crippen molar-refractivity contribution in [3.05, 3.63) is 66.4 Å². The highest BCUT2D eigenvalue weighted by atomic mass is 16.5. The highest BCUT2D eigenvalue weighted by Gasteiger charge is 2.34. The molecule has 162 valence electrons. The Kier molecular flexibility index (Phi) is 5.07. The summed E-state index contributed by atoms with van der Waals surface area (Å²) in [5, 5.41) is 6.87. The maximum Gasteiger partial charge on any atom is 0.414 e. The Hall–Kier alpha value is -3.78. The Morgan fingerprint density at radius 1 is 1.09 bits per heavy atom. The molecule has 0 unspecified atom stereocenters. The summed E-state index contributed by atoms with van der Waals surface area (Å²) < 4.78 is 6.47. The standard InChI is InChI=1S/C24H24N6O2/c1-2-32-23(31)28-21-27-22-26-20(17-9-11-18(12-10-17)24(25)13-6-14-24)19(15-30(22)29-21)16-7-4-3-5-8-16/h3-5,7-12,15H,2,6,13-14,25H2,1H3,(H,28,29,31). The smallest absolute Gasteiger partial charge is 0.414 e. The number of rotatable bonds is 5. The molecule has 2 heterocycles. The van der Waals surface area contributed by atoms with Crippen LogP contribution in [0, 0.1) is 0 Å². The average molecular weight is 428 g/mol. The normalized spacial score (nSPS) is 14.7. The maximum absolute atomic E-state index is 11.8. The number of anilines is 1. The highest BCUT2D eigenvalue weighted by molar-refractivity contribution is 5.83. The SMILES string of the molecule is CCOC(=O)Nc1nc2nc(-c3ccc(C4(N)CCC4)cc3)c(-c3ccccc3)cn2n1. The molecule has 0 aliphatic heterocycles. The second-order valence-corrected chi connectivity index (χ2v) is 7.98. The molecule has 1 aliphatic carbocycles. The van der Waals surface area contributed by atoms with Gasteiger partial charge in [0.25, 0.3) is 11.7 Å². The summed E-state index contributed by atoms with van der Waals surface area (Å²) >= 11 is 0. The van der Waals surface area contributed by atoms with Crippen LogP contribution in [0.4, 0.5) is 10.7 Å². The van der Waals surface area contributed by atoms with E-state index in [1.54, 1.807) is 11.4 Å². The van der Waals surface area contributed by atoms with E-state index in [-0.39, 0.29) is 18.1 Å². The van der Waals surface area contributed by atoms with Gasteiger partial charge in [-0.1, -0.05) is 54.6 Å². The molecule has 1 amide bonds. The number of ether oxygens (including phenoxy) is 1. The van der Waals surface area contributed by atoms with Gasteiger partial charge in [0.05, 0.1) is 12.3 Å². The molecule has 32 heavy (non-hydrogen) atoms. The zero-order chi connectivity index (χ0) is 22.1. The van der Waals surface area contributed by atoms with Crippen LogP contribution in [0.5, 0.6) is 0 Å². The van der Waals surface area contributed by atoms with Crippen LogP contribution >= 0.6 is 0 Å². The van der Waals surface area contributed by atoms with Crippen molar-refractivity contribution in [3.63, 3.8) is 0 Å². The molecule has 8 nitrogen and oxygen atoms in total. The van der Waals surface area contributed by atoms with E-state index >= 15 is 0 Å². The van der Waals surface area contributed by atoms with Gasteiger partial charge in [-0.25, -0.2) is 14.3 Å². The zero-order valence-corrected chi connectivity index (χ0v) is 17.8. The van der Waals surface area contributed by atoms with Crippen molar-refractivity contribution in [1.82, 2.24) is 19.6 Å². The van der Waals surface area contributed by atoms with Gasteiger partial charge in [0, 0.05) is 22.9 Å². The fourth-order valence-corrected chi connectivity index (χ4v) is 3.99. The predicted octanol–water partition coefficient (Wildman–Crippen LogP) is 4.36. The van der Waals surface area contributed by atoms with Crippen molar-refractivity contribution in [1.29, 1.82) is 0 Å². The Morgan fingerprint density at radius 2 is 1.84 bits per heavy atom. The van der Waals surface area contributed by atoms with Gasteiger partial charge in [-0.05, 0) is 37.3 Å². The molecule has 0 atom stereocenters. The first-order valence-corrected chi connectivity index (χ1v) is 10.7. The van der Waals surface area contributed by atoms with Gasteiger partial charge in [-0.3, -0.25) is 5.32 Å². The van der Waals surface area contributed by atoms with Gasteiger partial charge in [0.15, 0.2) is 0 Å². The number of aromatic nitrogens is 4. The lowest BCUT2D eigenvalue weighted by Crippen LogP contribution is -2.43. The molecule has 1 saturated carbocycles. The zero-order valence-electron chi connectivity index (χ0n) is 17.8. The second kappa shape index (κ2) is 8.05. The third-order valence-electron chi connectivity index (χ3n) is 5.88. The number of nitrogens with two attached hydrogens (primary N) is 1. The molecule has 5 rings (SSSR count). The van der Waals surface area contributed by atoms with Crippen molar-refractivity contribution in [2.45, 2.75) is 31.7 Å². The molecule has 0 bridgehead atoms. The van der Waals surface area contributed by atoms with Crippen molar-refractivity contribution in [2.24, 2.45) is 5.73 Å². The predicted molar refractivity (Wildman–Crippen MR) is 122 cm³/mol. The minimum Gasteiger partial charge on any atom is -0.450 e. The number of amides is 1. The Balaban J connectivity index is 1.58. The lowest BCUT2D eigenvalue weighted by atomic mass is 9.72. The van der Waals surface area contributed by atoms with Crippen LogP contribution in [0.15, 0.2) is 60.8 Å². The van der Waals surface area contributed by atoms with Gasteiger partial charge in [0.2, 0.25) is 0 Å². The number of carbonyl (C=O) groups is 1. The van der Waals surface area contributed by atoms with E-state index in [0.29, 0.717) is 5.78 Å². The Bertz CT molecular complexity index is 1260. The average Bonchev–Trinajstić information content (AvgIpc) is 3.18. The summed E-state index contributed by atoms with van der Waals surface area (Å²) in [6.45, 7) is 2.00. The van der Waals surface area contributed by atoms with Crippen LogP contribution < -0.4 is 11.1 Å². The molecule has 1 aliphatic rings. The van der Waals surface area contributed by atoms with Crippen LogP contribution in [0.25, 0.3) is 28.2 Å². The summed E-state index contributed by atoms with van der Waals surface area (Å²) in [5.41, 5.74) is 11.1. The van der Waals surface area contributed by atoms with Crippen molar-refractivity contribution >= 4 is 17.8 Å². The molecule has 3 N–H and O–H groups in total. The third-order valence-corrected chi connectivity index (χ3v) is 5.88. The largest absolute Gasteiger partial charge is 0.450 e. The summed E-state index contributed by atoms with van der Waals surface area (Å²) in [6.07, 6.45) is 4.47. The lowest BCUT2D eigenvalue weighted by molar-refractivity contribution is 0.167. The van der Waals surface area contributed by atoms with E-state index in [1.807, 2.05) is 36.5 Å². The monoisotopic (exact) mass is 428 g/mol. The number of carbonyl (C=O) groups excluding carboxylic acids is 1. The van der Waals surface area contributed by atoms with Gasteiger partial charge >= 0.3 is 6.09 Å². The van der Waals surface area contributed by atoms with Gasteiger partial charge in [-0.2, -0.15) is 4.98 Å². The van der Waals surface area contributed by atoms with E-state index in [4.69, 9.17) is 15.5 Å². The molecule has 4 aromatic rings. The fourth-order valence-electron chi connectivity index (χ4n) is 3.99. The Morgan fingerprint density at radius 3 is 2.50 bits per heavy atom. The number of hydrogen-bond donors (Lipinski definition) is 2. The first-order valence-electron chi connectivity index (χ1n) is 10.7. The molecule has 0 spiro atoms. The molecule has 8 heteroatoms. The summed E-state index contributed by atoms with van der Waals surface area (Å²) in [4.78, 5) is 20.9. The second-order valence-electron chi connectivity index (χ2n) is 7.98. The highest BCUT2D eigenvalue weighted by Crippen LogP contribution is 2.39. The minimum absolute atomic E-state index is 0.137. The number of nitrogens with one attached hydrogen (secondary N) is 1. The van der Waals surface area contributed by atoms with Crippen molar-refractivity contribution < 1.29 is 9.53 Å². The Labute approximate surface area is 185 Å². The molecular weight excluding hydrogens is 404 g/mol. The lowest BCUT2D eigenvalue weighted by Gasteiger charge is -2.38. The van der Waals surface area contributed by atoms with E-state index in [2.05, 4.69) is 39.7 Å². The quantitative estimate of drug-likeness (QED) is 0.489. The van der Waals surface area contributed by atoms with Crippen LogP contribution in [0.3, 0.4) is 0 Å². The fraction of sp³-hybridized carbons (Fsp3) is 0.250. The molecule has 2 aromatic heterocycles. The van der Waals surface area contributed by atoms with Gasteiger partial charge in [-0.15, -0.1) is 5.10 Å². The van der Waals surface area contributed by atoms with Crippen molar-refractivity contribution in [2.75, 3.05) is 11.9 Å². The van der Waals surface area contributed by atoms with E-state index < -0.39 is 6.09 Å². The maximum atomic E-state index is 11.8. The molecule has 0 saturated heterocycles. The first kappa shape index (κ1) is 20.1. The summed E-state index contributed by atoms with van der Waals surface area (Å²) in [6, 6.07) is 18.3. The van der Waals surface area contributed by atoms with Crippen LogP contribution in [-0.2, 0) is 10.3 Å². The molecule has 0 radical (unpaired) electrons. The number of hydrogen-bond acceptors (Lipinski definition) is 6. The van der Waals surface area contributed by atoms with Gasteiger partial charge < -0.3 is 10.5 Å². The first-order chi connectivity index (χ1) is 15.6. The summed E-state index contributed by atoms with van der Waals surface area (Å²) in [5.74, 6) is 0.516. The molecule has 2 aromatic carbocycles. The number of benzene rings is 2. The van der Waals surface area contributed by atoms with Gasteiger partial charge in [0.1, 0.15) is 0 Å².